The average Bonchev–Trinajstić information content (AvgIpc) is 3.69. The Bertz CT molecular complexity index is 2420. The fourth-order valence-corrected chi connectivity index (χ4v) is 6.67. The van der Waals surface area contributed by atoms with E-state index < -0.39 is 0 Å². The highest BCUT2D eigenvalue weighted by molar-refractivity contribution is 6.25. The first-order valence-electron chi connectivity index (χ1n) is 14.8. The lowest BCUT2D eigenvalue weighted by atomic mass is 10.0. The molecule has 0 saturated heterocycles. The lowest BCUT2D eigenvalue weighted by Gasteiger charge is -2.15. The third-order valence-electron chi connectivity index (χ3n) is 8.62. The molecule has 0 fully saturated rings. The molecule has 0 bridgehead atoms. The SMILES string of the molecule is c1ccc(-n2ccc3c4c(ccc5c6ccccc6n(-c6cc(-c7ccccn7)cc(-c7ccccn7)c6)c54)ccc32)cc1. The molecule has 44 heavy (non-hydrogen) atoms. The normalized spacial score (nSPS) is 11.6. The smallest absolute Gasteiger partial charge is 0.0702 e. The number of rotatable bonds is 4. The van der Waals surface area contributed by atoms with Crippen LogP contribution >= 0.6 is 0 Å². The summed E-state index contributed by atoms with van der Waals surface area (Å²) >= 11 is 0. The van der Waals surface area contributed by atoms with Gasteiger partial charge >= 0.3 is 0 Å². The van der Waals surface area contributed by atoms with Crippen molar-refractivity contribution in [1.29, 1.82) is 0 Å². The van der Waals surface area contributed by atoms with Crippen LogP contribution in [0.3, 0.4) is 0 Å². The summed E-state index contributed by atoms with van der Waals surface area (Å²) in [7, 11) is 0. The van der Waals surface area contributed by atoms with Crippen LogP contribution in [-0.2, 0) is 0 Å². The molecule has 4 heterocycles. The molecule has 4 aromatic heterocycles. The number of nitrogens with zero attached hydrogens (tertiary/aromatic N) is 4. The average molecular weight is 563 g/mol. The summed E-state index contributed by atoms with van der Waals surface area (Å²) in [5.74, 6) is 0. The summed E-state index contributed by atoms with van der Waals surface area (Å²) in [6.07, 6.45) is 5.89. The Morgan fingerprint density at radius 2 is 1.14 bits per heavy atom. The number of fused-ring (bicyclic) bond motifs is 7. The summed E-state index contributed by atoms with van der Waals surface area (Å²) in [5, 5.41) is 6.15. The van der Waals surface area contributed by atoms with Crippen LogP contribution in [0.5, 0.6) is 0 Å². The molecule has 0 saturated carbocycles. The molecular weight excluding hydrogens is 536 g/mol. The molecule has 0 atom stereocenters. The van der Waals surface area contributed by atoms with Gasteiger partial charge in [0.25, 0.3) is 0 Å². The van der Waals surface area contributed by atoms with E-state index in [0.29, 0.717) is 0 Å². The van der Waals surface area contributed by atoms with Crippen molar-refractivity contribution in [2.24, 2.45) is 0 Å². The van der Waals surface area contributed by atoms with Gasteiger partial charge in [-0.1, -0.05) is 66.7 Å². The van der Waals surface area contributed by atoms with Crippen LogP contribution < -0.4 is 0 Å². The Kier molecular flexibility index (Phi) is 5.47. The molecule has 0 unspecified atom stereocenters. The van der Waals surface area contributed by atoms with Crippen molar-refractivity contribution in [3.8, 4) is 33.9 Å². The Hall–Kier alpha value is -6.00. The van der Waals surface area contributed by atoms with Crippen molar-refractivity contribution < 1.29 is 0 Å². The summed E-state index contributed by atoms with van der Waals surface area (Å²) < 4.78 is 4.71. The minimum absolute atomic E-state index is 0.930. The van der Waals surface area contributed by atoms with Gasteiger partial charge in [0.15, 0.2) is 0 Å². The third kappa shape index (κ3) is 3.78. The summed E-state index contributed by atoms with van der Waals surface area (Å²) in [5.41, 5.74) is 9.74. The maximum atomic E-state index is 4.72. The van der Waals surface area contributed by atoms with Crippen LogP contribution in [0.2, 0.25) is 0 Å². The Balaban J connectivity index is 1.42. The molecule has 206 valence electrons. The van der Waals surface area contributed by atoms with Crippen LogP contribution in [0.1, 0.15) is 0 Å². The van der Waals surface area contributed by atoms with Crippen LogP contribution in [0.15, 0.2) is 158 Å². The third-order valence-corrected chi connectivity index (χ3v) is 8.62. The number of benzene rings is 5. The van der Waals surface area contributed by atoms with Gasteiger partial charge in [0.05, 0.1) is 27.9 Å². The zero-order valence-corrected chi connectivity index (χ0v) is 23.8. The second-order valence-electron chi connectivity index (χ2n) is 11.1. The fourth-order valence-electron chi connectivity index (χ4n) is 6.67. The lowest BCUT2D eigenvalue weighted by molar-refractivity contribution is 1.13. The summed E-state index contributed by atoms with van der Waals surface area (Å²) in [6, 6.07) is 49.4. The minimum Gasteiger partial charge on any atom is -0.317 e. The van der Waals surface area contributed by atoms with Gasteiger partial charge in [0.2, 0.25) is 0 Å². The van der Waals surface area contributed by atoms with E-state index in [1.807, 2.05) is 36.7 Å². The largest absolute Gasteiger partial charge is 0.317 e. The van der Waals surface area contributed by atoms with E-state index >= 15 is 0 Å². The van der Waals surface area contributed by atoms with Crippen molar-refractivity contribution in [2.45, 2.75) is 0 Å². The highest BCUT2D eigenvalue weighted by Gasteiger charge is 2.19. The van der Waals surface area contributed by atoms with Crippen LogP contribution in [0.4, 0.5) is 0 Å². The number of para-hydroxylation sites is 2. The van der Waals surface area contributed by atoms with Gasteiger partial charge in [-0.25, -0.2) is 0 Å². The zero-order chi connectivity index (χ0) is 29.0. The topological polar surface area (TPSA) is 35.6 Å². The first-order valence-corrected chi connectivity index (χ1v) is 14.8. The zero-order valence-electron chi connectivity index (χ0n) is 23.8. The van der Waals surface area contributed by atoms with Crippen LogP contribution in [-0.4, -0.2) is 19.1 Å². The highest BCUT2D eigenvalue weighted by Crippen LogP contribution is 2.41. The molecule has 9 rings (SSSR count). The second kappa shape index (κ2) is 9.79. The van der Waals surface area contributed by atoms with Crippen molar-refractivity contribution >= 4 is 43.5 Å². The monoisotopic (exact) mass is 562 g/mol. The second-order valence-corrected chi connectivity index (χ2v) is 11.1. The van der Waals surface area contributed by atoms with Crippen molar-refractivity contribution in [1.82, 2.24) is 19.1 Å². The highest BCUT2D eigenvalue weighted by atomic mass is 15.0. The number of pyridine rings is 2. The van der Waals surface area contributed by atoms with E-state index in [-0.39, 0.29) is 0 Å². The molecule has 0 aliphatic rings. The molecule has 0 amide bonds. The lowest BCUT2D eigenvalue weighted by Crippen LogP contribution is -1.98. The fraction of sp³-hybridized carbons (Fsp3) is 0. The molecule has 0 N–H and O–H groups in total. The Labute approximate surface area is 254 Å². The van der Waals surface area contributed by atoms with Crippen molar-refractivity contribution in [3.63, 3.8) is 0 Å². The summed E-state index contributed by atoms with van der Waals surface area (Å²) in [6.45, 7) is 0. The predicted octanol–water partition coefficient (Wildman–Crippen LogP) is 10.0. The molecule has 9 aromatic rings. The number of aromatic nitrogens is 4. The molecule has 0 spiro atoms. The number of hydrogen-bond donors (Lipinski definition) is 0. The molecule has 4 nitrogen and oxygen atoms in total. The minimum atomic E-state index is 0.930. The summed E-state index contributed by atoms with van der Waals surface area (Å²) in [4.78, 5) is 9.44. The van der Waals surface area contributed by atoms with Gasteiger partial charge in [-0.05, 0) is 78.2 Å². The van der Waals surface area contributed by atoms with Gasteiger partial charge in [-0.2, -0.15) is 0 Å². The quantitative estimate of drug-likeness (QED) is 0.214. The van der Waals surface area contributed by atoms with Crippen molar-refractivity contribution in [2.75, 3.05) is 0 Å². The van der Waals surface area contributed by atoms with Crippen LogP contribution in [0, 0.1) is 0 Å². The standard InChI is InChI=1S/C40H26N4/c1-2-10-30(11-3-1)43-23-20-34-37(43)19-17-27-16-18-33-32-12-4-5-15-38(32)44(40(33)39(27)34)31-25-28(35-13-6-8-21-41-35)24-29(26-31)36-14-7-9-22-42-36/h1-26H. The molecule has 0 aliphatic heterocycles. The van der Waals surface area contributed by atoms with E-state index in [9.17, 15) is 0 Å². The molecule has 4 heteroatoms. The maximum Gasteiger partial charge on any atom is 0.0702 e. The molecule has 0 radical (unpaired) electrons. The van der Waals surface area contributed by atoms with E-state index in [1.165, 1.54) is 43.5 Å². The van der Waals surface area contributed by atoms with Gasteiger partial charge < -0.3 is 9.13 Å². The molecule has 0 aliphatic carbocycles. The van der Waals surface area contributed by atoms with E-state index in [2.05, 4.69) is 131 Å². The maximum absolute atomic E-state index is 4.72. The van der Waals surface area contributed by atoms with Gasteiger partial charge in [0, 0.05) is 62.6 Å². The van der Waals surface area contributed by atoms with Gasteiger partial charge in [-0.15, -0.1) is 0 Å². The predicted molar refractivity (Wildman–Crippen MR) is 182 cm³/mol. The van der Waals surface area contributed by atoms with E-state index in [4.69, 9.17) is 9.97 Å². The number of hydrogen-bond acceptors (Lipinski definition) is 2. The first kappa shape index (κ1) is 24.6. The Morgan fingerprint density at radius 1 is 0.455 bits per heavy atom. The van der Waals surface area contributed by atoms with Crippen LogP contribution in [0.25, 0.3) is 77.4 Å². The van der Waals surface area contributed by atoms with Gasteiger partial charge in [-0.3, -0.25) is 9.97 Å². The van der Waals surface area contributed by atoms with Crippen molar-refractivity contribution in [3.05, 3.63) is 158 Å². The molecule has 5 aromatic carbocycles. The van der Waals surface area contributed by atoms with E-state index in [0.717, 1.165) is 33.9 Å². The Morgan fingerprint density at radius 3 is 1.86 bits per heavy atom. The van der Waals surface area contributed by atoms with Gasteiger partial charge in [0.1, 0.15) is 0 Å². The first-order chi connectivity index (χ1) is 21.8. The molecular formula is C40H26N4. The van der Waals surface area contributed by atoms with E-state index in [1.54, 1.807) is 0 Å².